The Kier molecular flexibility index (Phi) is 4.98. The van der Waals surface area contributed by atoms with Gasteiger partial charge in [-0.25, -0.2) is 4.39 Å². The van der Waals surface area contributed by atoms with Crippen molar-refractivity contribution in [1.29, 1.82) is 0 Å². The lowest BCUT2D eigenvalue weighted by atomic mass is 10.1. The second kappa shape index (κ2) is 7.72. The van der Waals surface area contributed by atoms with Gasteiger partial charge in [0.15, 0.2) is 0 Å². The fourth-order valence-corrected chi connectivity index (χ4v) is 3.00. The molecule has 3 aromatic carbocycles. The fourth-order valence-electron chi connectivity index (χ4n) is 2.74. The molecule has 1 N–H and O–H groups in total. The maximum absolute atomic E-state index is 14.0. The van der Waals surface area contributed by atoms with Crippen LogP contribution < -0.4 is 5.32 Å². The zero-order valence-electron chi connectivity index (χ0n) is 14.1. The Bertz CT molecular complexity index is 1030. The Balaban J connectivity index is 1.71. The number of hydrogen-bond acceptors (Lipinski definition) is 4. The highest BCUT2D eigenvalue weighted by Gasteiger charge is 2.22. The summed E-state index contributed by atoms with van der Waals surface area (Å²) >= 11 is 3.43. The lowest BCUT2D eigenvalue weighted by molar-refractivity contribution is 0.490. The Labute approximate surface area is 164 Å². The summed E-state index contributed by atoms with van der Waals surface area (Å²) in [6.07, 6.45) is 0. The summed E-state index contributed by atoms with van der Waals surface area (Å²) in [7, 11) is 0. The number of anilines is 1. The van der Waals surface area contributed by atoms with E-state index in [0.29, 0.717) is 5.89 Å². The Morgan fingerprint density at radius 3 is 2.30 bits per heavy atom. The van der Waals surface area contributed by atoms with Crippen molar-refractivity contribution in [1.82, 2.24) is 10.2 Å². The first-order valence-corrected chi connectivity index (χ1v) is 9.15. The van der Waals surface area contributed by atoms with E-state index in [4.69, 9.17) is 4.42 Å². The maximum atomic E-state index is 14.0. The van der Waals surface area contributed by atoms with E-state index >= 15 is 0 Å². The molecular weight excluding hydrogens is 409 g/mol. The highest BCUT2D eigenvalue weighted by atomic mass is 79.9. The van der Waals surface area contributed by atoms with Gasteiger partial charge in [-0.15, -0.1) is 10.2 Å². The van der Waals surface area contributed by atoms with Gasteiger partial charge in [0.2, 0.25) is 5.89 Å². The molecule has 27 heavy (non-hydrogen) atoms. The number of nitrogens with zero attached hydrogens (tertiary/aromatic N) is 2. The monoisotopic (exact) mass is 423 g/mol. The summed E-state index contributed by atoms with van der Waals surface area (Å²) in [6.45, 7) is 0. The van der Waals surface area contributed by atoms with Crippen molar-refractivity contribution in [2.24, 2.45) is 0 Å². The van der Waals surface area contributed by atoms with Crippen LogP contribution in [-0.2, 0) is 0 Å². The van der Waals surface area contributed by atoms with E-state index in [1.54, 1.807) is 18.2 Å². The topological polar surface area (TPSA) is 51.0 Å². The Morgan fingerprint density at radius 2 is 1.56 bits per heavy atom. The van der Waals surface area contributed by atoms with Crippen LogP contribution in [0.3, 0.4) is 0 Å². The molecule has 0 aliphatic heterocycles. The molecule has 1 unspecified atom stereocenters. The smallest absolute Gasteiger partial charge is 0.250 e. The molecule has 4 rings (SSSR count). The van der Waals surface area contributed by atoms with Gasteiger partial charge >= 0.3 is 0 Å². The van der Waals surface area contributed by atoms with Gasteiger partial charge in [-0.05, 0) is 42.0 Å². The van der Waals surface area contributed by atoms with Gasteiger partial charge in [-0.3, -0.25) is 0 Å². The maximum Gasteiger partial charge on any atom is 0.250 e. The summed E-state index contributed by atoms with van der Waals surface area (Å²) in [4.78, 5) is 0. The van der Waals surface area contributed by atoms with Crippen molar-refractivity contribution in [2.45, 2.75) is 6.04 Å². The second-order valence-electron chi connectivity index (χ2n) is 5.92. The predicted molar refractivity (Wildman–Crippen MR) is 106 cm³/mol. The largest absolute Gasteiger partial charge is 0.418 e. The van der Waals surface area contributed by atoms with Crippen molar-refractivity contribution in [3.63, 3.8) is 0 Å². The van der Waals surface area contributed by atoms with E-state index in [1.165, 1.54) is 6.07 Å². The van der Waals surface area contributed by atoms with Crippen molar-refractivity contribution < 1.29 is 8.81 Å². The van der Waals surface area contributed by atoms with Gasteiger partial charge in [-0.1, -0.05) is 58.4 Å². The van der Waals surface area contributed by atoms with Crippen molar-refractivity contribution in [2.75, 3.05) is 5.32 Å². The zero-order chi connectivity index (χ0) is 18.6. The lowest BCUT2D eigenvalue weighted by Crippen LogP contribution is -2.12. The minimum atomic E-state index is -0.398. The summed E-state index contributed by atoms with van der Waals surface area (Å²) < 4.78 is 20.9. The SMILES string of the molecule is Fc1ccccc1-c1nnc(C(Nc2ccc(Br)cc2)c2ccccc2)o1. The van der Waals surface area contributed by atoms with Crippen molar-refractivity contribution >= 4 is 21.6 Å². The third-order valence-corrected chi connectivity index (χ3v) is 4.61. The highest BCUT2D eigenvalue weighted by molar-refractivity contribution is 9.10. The van der Waals surface area contributed by atoms with Gasteiger partial charge < -0.3 is 9.73 Å². The summed E-state index contributed by atoms with van der Waals surface area (Å²) in [5.74, 6) is 0.119. The van der Waals surface area contributed by atoms with Crippen LogP contribution in [0.2, 0.25) is 0 Å². The lowest BCUT2D eigenvalue weighted by Gasteiger charge is -2.17. The first-order chi connectivity index (χ1) is 13.2. The van der Waals surface area contributed by atoms with Gasteiger partial charge in [0, 0.05) is 10.2 Å². The van der Waals surface area contributed by atoms with Crippen molar-refractivity contribution in [3.05, 3.63) is 101 Å². The second-order valence-corrected chi connectivity index (χ2v) is 6.84. The molecule has 4 aromatic rings. The van der Waals surface area contributed by atoms with Crippen LogP contribution in [0, 0.1) is 5.82 Å². The zero-order valence-corrected chi connectivity index (χ0v) is 15.7. The molecule has 1 atom stereocenters. The molecule has 6 heteroatoms. The van der Waals surface area contributed by atoms with E-state index in [-0.39, 0.29) is 17.5 Å². The van der Waals surface area contributed by atoms with E-state index in [9.17, 15) is 4.39 Å². The fraction of sp³-hybridized carbons (Fsp3) is 0.0476. The summed E-state index contributed by atoms with van der Waals surface area (Å²) in [5, 5.41) is 11.6. The number of halogens is 2. The van der Waals surface area contributed by atoms with Gasteiger partial charge in [0.05, 0.1) is 5.56 Å². The van der Waals surface area contributed by atoms with Crippen LogP contribution in [0.5, 0.6) is 0 Å². The molecule has 0 saturated heterocycles. The van der Waals surface area contributed by atoms with Crippen LogP contribution in [0.1, 0.15) is 17.5 Å². The number of benzene rings is 3. The molecule has 0 bridgehead atoms. The molecule has 1 aromatic heterocycles. The number of hydrogen-bond donors (Lipinski definition) is 1. The normalized spacial score (nSPS) is 11.9. The molecule has 0 aliphatic carbocycles. The van der Waals surface area contributed by atoms with E-state index in [0.717, 1.165) is 15.7 Å². The van der Waals surface area contributed by atoms with Gasteiger partial charge in [-0.2, -0.15) is 0 Å². The molecule has 0 amide bonds. The molecule has 0 fully saturated rings. The molecule has 0 aliphatic rings. The third-order valence-electron chi connectivity index (χ3n) is 4.08. The average molecular weight is 424 g/mol. The first-order valence-electron chi connectivity index (χ1n) is 8.36. The van der Waals surface area contributed by atoms with Crippen molar-refractivity contribution in [3.8, 4) is 11.5 Å². The standard InChI is InChI=1S/C21H15BrFN3O/c22-15-10-12-16(13-11-15)24-19(14-6-2-1-3-7-14)21-26-25-20(27-21)17-8-4-5-9-18(17)23/h1-13,19,24H. The Hall–Kier alpha value is -2.99. The summed E-state index contributed by atoms with van der Waals surface area (Å²) in [5.41, 5.74) is 2.15. The molecule has 134 valence electrons. The van der Waals surface area contributed by atoms with Crippen LogP contribution in [-0.4, -0.2) is 10.2 Å². The van der Waals surface area contributed by atoms with Crippen LogP contribution in [0.15, 0.2) is 87.8 Å². The average Bonchev–Trinajstić information content (AvgIpc) is 3.18. The minimum absolute atomic E-state index is 0.154. The molecule has 4 nitrogen and oxygen atoms in total. The molecule has 0 radical (unpaired) electrons. The molecule has 0 spiro atoms. The molecule has 0 saturated carbocycles. The number of aromatic nitrogens is 2. The van der Waals surface area contributed by atoms with E-state index in [2.05, 4.69) is 31.4 Å². The van der Waals surface area contributed by atoms with Gasteiger partial charge in [0.1, 0.15) is 11.9 Å². The highest BCUT2D eigenvalue weighted by Crippen LogP contribution is 2.29. The molecular formula is C21H15BrFN3O. The number of nitrogens with one attached hydrogen (secondary N) is 1. The van der Waals surface area contributed by atoms with E-state index in [1.807, 2.05) is 54.6 Å². The Morgan fingerprint density at radius 1 is 0.852 bits per heavy atom. The summed E-state index contributed by atoms with van der Waals surface area (Å²) in [6, 6.07) is 23.6. The van der Waals surface area contributed by atoms with Crippen LogP contribution in [0.4, 0.5) is 10.1 Å². The van der Waals surface area contributed by atoms with Crippen LogP contribution >= 0.6 is 15.9 Å². The van der Waals surface area contributed by atoms with Crippen LogP contribution in [0.25, 0.3) is 11.5 Å². The van der Waals surface area contributed by atoms with Gasteiger partial charge in [0.25, 0.3) is 5.89 Å². The third kappa shape index (κ3) is 3.90. The predicted octanol–water partition coefficient (Wildman–Crippen LogP) is 5.84. The number of rotatable bonds is 5. The van der Waals surface area contributed by atoms with E-state index < -0.39 is 5.82 Å². The minimum Gasteiger partial charge on any atom is -0.418 e. The quantitative estimate of drug-likeness (QED) is 0.437. The molecule has 1 heterocycles. The first kappa shape index (κ1) is 17.4.